The summed E-state index contributed by atoms with van der Waals surface area (Å²) in [5.41, 5.74) is 15.0. The Balaban J connectivity index is 1.06. The van der Waals surface area contributed by atoms with E-state index in [0.717, 1.165) is 92.8 Å². The second kappa shape index (κ2) is 19.3. The van der Waals surface area contributed by atoms with E-state index < -0.39 is 0 Å². The van der Waals surface area contributed by atoms with E-state index in [1.165, 1.54) is 49.9 Å². The Kier molecular flexibility index (Phi) is 12.5. The Hall–Kier alpha value is -7.98. The third-order valence-corrected chi connectivity index (χ3v) is 15.2. The van der Waals surface area contributed by atoms with E-state index in [1.807, 2.05) is 24.3 Å². The lowest BCUT2D eigenvalue weighted by Crippen LogP contribution is -2.03. The minimum atomic E-state index is -0.263. The molecule has 2 aliphatic rings. The molecule has 2 aliphatic carbocycles. The van der Waals surface area contributed by atoms with Crippen LogP contribution in [0.4, 0.5) is 0 Å². The minimum Gasteiger partial charge on any atom is -0.358 e. The van der Waals surface area contributed by atoms with Gasteiger partial charge in [-0.25, -0.2) is 0 Å². The number of ketones is 4. The van der Waals surface area contributed by atoms with E-state index in [-0.39, 0.29) is 34.3 Å². The minimum absolute atomic E-state index is 0.151. The second-order valence-electron chi connectivity index (χ2n) is 19.9. The van der Waals surface area contributed by atoms with Crippen LogP contribution in [0, 0.1) is 11.8 Å². The average Bonchev–Trinajstić information content (AvgIpc) is 4.28. The number of fused-ring (bicyclic) bond motifs is 4. The molecule has 10 heteroatoms. The van der Waals surface area contributed by atoms with Crippen LogP contribution in [0.5, 0.6) is 0 Å². The summed E-state index contributed by atoms with van der Waals surface area (Å²) in [5.74, 6) is 0.101. The van der Waals surface area contributed by atoms with Crippen LogP contribution in [0.25, 0.3) is 79.2 Å². The zero-order chi connectivity index (χ0) is 49.6. The molecule has 0 aliphatic heterocycles. The number of benzene rings is 3. The van der Waals surface area contributed by atoms with Gasteiger partial charge in [-0.3, -0.25) is 19.2 Å². The van der Waals surface area contributed by atoms with Gasteiger partial charge in [-0.05, 0) is 97.5 Å². The normalized spacial score (nSPS) is 14.3. The fourth-order valence-electron chi connectivity index (χ4n) is 11.2. The molecule has 10 nitrogen and oxygen atoms in total. The van der Waals surface area contributed by atoms with Crippen LogP contribution < -0.4 is 0 Å². The van der Waals surface area contributed by atoms with Crippen molar-refractivity contribution >= 4 is 57.1 Å². The van der Waals surface area contributed by atoms with Crippen molar-refractivity contribution in [1.29, 1.82) is 0 Å². The fraction of sp³-hybridized carbons (Fsp3) is 0.258. The molecule has 0 saturated heterocycles. The van der Waals surface area contributed by atoms with Crippen molar-refractivity contribution in [2.75, 3.05) is 0 Å². The molecule has 6 heterocycles. The summed E-state index contributed by atoms with van der Waals surface area (Å²) in [6, 6.07) is 35.0. The standard InChI is InChI=1S/C62H60N6O4/c1-5-9-15-35(7-3)29-37-23-27-51(65-37)55-45-33-53(49-25-21-39(63-49)31-47-59(69)41-17-11-12-18-42(41)60(47)70)68-58(45)56(52-28-24-38(66-52)30-36(8-4)16-10-6-2)46-34-54(67-57(46)55)50-26-22-40(64-50)32-48-61(71)43-19-13-14-20-44(43)62(48)72/h11-14,17-28,31-36,63-68H,5-10,15-16,29-30H2,1-4H3. The number of hydrogen-bond donors (Lipinski definition) is 6. The number of allylic oxidation sites excluding steroid dienone is 2. The summed E-state index contributed by atoms with van der Waals surface area (Å²) in [7, 11) is 0. The van der Waals surface area contributed by atoms with Gasteiger partial charge in [0.25, 0.3) is 0 Å². The van der Waals surface area contributed by atoms with Crippen molar-refractivity contribution in [3.05, 3.63) is 165 Å². The van der Waals surface area contributed by atoms with Crippen LogP contribution >= 0.6 is 0 Å². The van der Waals surface area contributed by atoms with Crippen molar-refractivity contribution in [3.63, 3.8) is 0 Å². The predicted octanol–water partition coefficient (Wildman–Crippen LogP) is 15.1. The molecule has 0 bridgehead atoms. The first-order valence-electron chi connectivity index (χ1n) is 25.9. The van der Waals surface area contributed by atoms with Crippen LogP contribution in [0.3, 0.4) is 0 Å². The number of H-pyrrole nitrogens is 6. The predicted molar refractivity (Wildman–Crippen MR) is 289 cm³/mol. The van der Waals surface area contributed by atoms with Crippen LogP contribution in [0.1, 0.15) is 143 Å². The Morgan fingerprint density at radius 1 is 0.417 bits per heavy atom. The Morgan fingerprint density at radius 3 is 1.15 bits per heavy atom. The molecule has 0 amide bonds. The molecule has 11 rings (SSSR count). The summed E-state index contributed by atoms with van der Waals surface area (Å²) in [6.07, 6.45) is 14.6. The fourth-order valence-corrected chi connectivity index (χ4v) is 11.2. The maximum absolute atomic E-state index is 13.4. The molecule has 0 radical (unpaired) electrons. The van der Waals surface area contributed by atoms with Crippen molar-refractivity contribution in [2.45, 2.75) is 91.9 Å². The molecule has 0 fully saturated rings. The lowest BCUT2D eigenvalue weighted by atomic mass is 9.94. The smallest absolute Gasteiger partial charge is 0.197 e. The summed E-state index contributed by atoms with van der Waals surface area (Å²) >= 11 is 0. The van der Waals surface area contributed by atoms with Gasteiger partial charge in [0, 0.05) is 78.3 Å². The second-order valence-corrected chi connectivity index (χ2v) is 19.9. The van der Waals surface area contributed by atoms with Crippen LogP contribution in [-0.4, -0.2) is 53.0 Å². The number of carbonyl (C=O) groups excluding carboxylic acids is 4. The molecule has 2 atom stereocenters. The largest absolute Gasteiger partial charge is 0.358 e. The van der Waals surface area contributed by atoms with Crippen molar-refractivity contribution in [1.82, 2.24) is 29.9 Å². The lowest BCUT2D eigenvalue weighted by molar-refractivity contribution is 0.0975. The molecule has 2 unspecified atom stereocenters. The van der Waals surface area contributed by atoms with Gasteiger partial charge in [-0.1, -0.05) is 128 Å². The summed E-state index contributed by atoms with van der Waals surface area (Å²) < 4.78 is 0. The number of carbonyl (C=O) groups is 4. The molecular weight excluding hydrogens is 893 g/mol. The number of unbranched alkanes of at least 4 members (excludes halogenated alkanes) is 2. The molecule has 0 saturated carbocycles. The topological polar surface area (TPSA) is 163 Å². The molecule has 0 spiro atoms. The Labute approximate surface area is 418 Å². The molecule has 362 valence electrons. The number of rotatable bonds is 18. The highest BCUT2D eigenvalue weighted by molar-refractivity contribution is 6.42. The van der Waals surface area contributed by atoms with E-state index in [1.54, 1.807) is 60.7 Å². The van der Waals surface area contributed by atoms with Gasteiger partial charge in [-0.2, -0.15) is 0 Å². The van der Waals surface area contributed by atoms with Gasteiger partial charge in [-0.15, -0.1) is 0 Å². The van der Waals surface area contributed by atoms with Crippen molar-refractivity contribution in [3.8, 4) is 45.3 Å². The van der Waals surface area contributed by atoms with Crippen LogP contribution in [0.2, 0.25) is 0 Å². The van der Waals surface area contributed by atoms with Crippen LogP contribution in [0.15, 0.2) is 120 Å². The lowest BCUT2D eigenvalue weighted by Gasteiger charge is -2.14. The highest BCUT2D eigenvalue weighted by atomic mass is 16.2. The maximum Gasteiger partial charge on any atom is 0.197 e. The van der Waals surface area contributed by atoms with E-state index in [9.17, 15) is 19.2 Å². The van der Waals surface area contributed by atoms with Crippen molar-refractivity contribution in [2.24, 2.45) is 11.8 Å². The molecule has 72 heavy (non-hydrogen) atoms. The Bertz CT molecular complexity index is 3280. The first-order valence-corrected chi connectivity index (χ1v) is 25.9. The molecule has 3 aromatic carbocycles. The molecule has 6 N–H and O–H groups in total. The van der Waals surface area contributed by atoms with Gasteiger partial charge in [0.1, 0.15) is 0 Å². The third kappa shape index (κ3) is 8.38. The quantitative estimate of drug-likeness (QED) is 0.0373. The summed E-state index contributed by atoms with van der Waals surface area (Å²) in [4.78, 5) is 76.1. The zero-order valence-corrected chi connectivity index (χ0v) is 41.4. The first-order chi connectivity index (χ1) is 35.1. The highest BCUT2D eigenvalue weighted by Crippen LogP contribution is 2.46. The maximum atomic E-state index is 13.4. The third-order valence-electron chi connectivity index (χ3n) is 15.2. The molecule has 9 aromatic rings. The van der Waals surface area contributed by atoms with Gasteiger partial charge in [0.2, 0.25) is 0 Å². The number of aromatic nitrogens is 6. The van der Waals surface area contributed by atoms with E-state index in [4.69, 9.17) is 0 Å². The molecular formula is C62H60N6O4. The number of aromatic amines is 6. The van der Waals surface area contributed by atoms with E-state index in [0.29, 0.717) is 45.5 Å². The first kappa shape index (κ1) is 46.4. The Morgan fingerprint density at radius 2 is 0.792 bits per heavy atom. The zero-order valence-electron chi connectivity index (χ0n) is 41.4. The van der Waals surface area contributed by atoms with Gasteiger partial charge < -0.3 is 29.9 Å². The van der Waals surface area contributed by atoms with Gasteiger partial charge in [0.15, 0.2) is 23.1 Å². The van der Waals surface area contributed by atoms with Crippen molar-refractivity contribution < 1.29 is 19.2 Å². The van der Waals surface area contributed by atoms with Gasteiger partial charge in [0.05, 0.1) is 45.0 Å². The number of Topliss-reactive ketones (excluding diaryl/α,β-unsaturated/α-hetero) is 4. The van der Waals surface area contributed by atoms with Crippen LogP contribution in [-0.2, 0) is 12.8 Å². The molecule has 6 aromatic heterocycles. The average molecular weight is 953 g/mol. The van der Waals surface area contributed by atoms with E-state index in [2.05, 4.69) is 94.0 Å². The van der Waals surface area contributed by atoms with Gasteiger partial charge >= 0.3 is 0 Å². The monoisotopic (exact) mass is 952 g/mol. The van der Waals surface area contributed by atoms with E-state index >= 15 is 0 Å². The number of hydrogen-bond acceptors (Lipinski definition) is 4. The summed E-state index contributed by atoms with van der Waals surface area (Å²) in [5, 5.41) is 2.03. The highest BCUT2D eigenvalue weighted by Gasteiger charge is 2.34. The SMILES string of the molecule is CCCCC(CC)Cc1ccc(-c2c3cc(-c4ccc(C=C5C(=O)c6ccccc6C5=O)[nH]4)[nH]c3c(-c3ccc(CC(CC)CCCC)[nH]3)c3cc(-c4ccc(C=C5C(=O)c6ccccc6C5=O)[nH]4)[nH]c23)[nH]1. The number of nitrogens with one attached hydrogen (secondary N) is 6. The summed E-state index contributed by atoms with van der Waals surface area (Å²) in [6.45, 7) is 9.08.